The maximum atomic E-state index is 13.4. The van der Waals surface area contributed by atoms with Crippen LogP contribution in [0.1, 0.15) is 31.7 Å². The van der Waals surface area contributed by atoms with E-state index in [0.29, 0.717) is 13.0 Å². The van der Waals surface area contributed by atoms with Gasteiger partial charge in [0.25, 0.3) is 0 Å². The molecule has 0 aliphatic carbocycles. The van der Waals surface area contributed by atoms with E-state index in [1.54, 1.807) is 6.20 Å². The van der Waals surface area contributed by atoms with E-state index < -0.39 is 60.3 Å². The molecule has 1 aromatic heterocycles. The van der Waals surface area contributed by atoms with Crippen LogP contribution in [0.3, 0.4) is 0 Å². The molecule has 1 aliphatic rings. The molecule has 10 N–H and O–H groups in total. The van der Waals surface area contributed by atoms with Gasteiger partial charge in [-0.3, -0.25) is 24.0 Å². The second-order valence-corrected chi connectivity index (χ2v) is 9.13. The summed E-state index contributed by atoms with van der Waals surface area (Å²) in [6.45, 7) is 1.96. The minimum atomic E-state index is -1.51. The molecule has 1 fully saturated rings. The van der Waals surface area contributed by atoms with Crippen LogP contribution in [-0.2, 0) is 30.4 Å². The minimum Gasteiger partial charge on any atom is -0.391 e. The van der Waals surface area contributed by atoms with Crippen LogP contribution in [0.25, 0.3) is 10.9 Å². The van der Waals surface area contributed by atoms with Crippen LogP contribution in [0.5, 0.6) is 0 Å². The Labute approximate surface area is 213 Å². The van der Waals surface area contributed by atoms with Gasteiger partial charge in [-0.2, -0.15) is 0 Å². The number of aromatic amines is 1. The van der Waals surface area contributed by atoms with Crippen molar-refractivity contribution in [3.8, 4) is 0 Å². The number of fused-ring (bicyclic) bond motifs is 1. The summed E-state index contributed by atoms with van der Waals surface area (Å²) < 4.78 is 0. The maximum Gasteiger partial charge on any atom is 0.245 e. The molecule has 0 bridgehead atoms. The fourth-order valence-electron chi connectivity index (χ4n) is 4.25. The van der Waals surface area contributed by atoms with Crippen molar-refractivity contribution in [3.63, 3.8) is 0 Å². The second kappa shape index (κ2) is 12.3. The third kappa shape index (κ3) is 7.27. The topological polar surface area (TPSA) is 222 Å². The molecule has 13 heteroatoms. The number of nitrogens with one attached hydrogen (secondary N) is 5. The Hall–Kier alpha value is -3.97. The highest BCUT2D eigenvalue weighted by Gasteiger charge is 2.34. The van der Waals surface area contributed by atoms with Crippen LogP contribution < -0.4 is 32.7 Å². The van der Waals surface area contributed by atoms with Gasteiger partial charge in [0.1, 0.15) is 18.1 Å². The van der Waals surface area contributed by atoms with E-state index in [9.17, 15) is 29.1 Å². The number of aliphatic hydroxyl groups excluding tert-OH is 1. The molecule has 2 aromatic rings. The van der Waals surface area contributed by atoms with Gasteiger partial charge in [-0.25, -0.2) is 0 Å². The number of carbonyl (C=O) groups is 5. The molecule has 0 spiro atoms. The molecule has 13 nitrogen and oxygen atoms in total. The number of hydrogen-bond acceptors (Lipinski definition) is 7. The number of rotatable bonds is 12. The standard InChI is InChI=1S/C24H33N7O6/c1-12(32)20(24(37)29-17(21(26)34)10-19(25)33)31-23(36)18(30-22(35)16-7-4-8-27-16)9-13-11-28-15-6-3-2-5-14(13)15/h2-3,5-6,11-12,16-18,20,27-28,32H,4,7-10H2,1H3,(H2,25,33)(H2,26,34)(H,29,37)(H,30,35)(H,31,36)/t12-,16+,17+,18+,20+/m1/s1. The first-order valence-electron chi connectivity index (χ1n) is 12.0. The molecule has 0 saturated carbocycles. The Morgan fingerprint density at radius 1 is 1.05 bits per heavy atom. The highest BCUT2D eigenvalue weighted by Crippen LogP contribution is 2.19. The van der Waals surface area contributed by atoms with Crippen molar-refractivity contribution in [2.45, 2.75) is 62.9 Å². The first-order chi connectivity index (χ1) is 17.6. The number of aliphatic hydroxyl groups is 1. The summed E-state index contributed by atoms with van der Waals surface area (Å²) in [6.07, 6.45) is 1.37. The minimum absolute atomic E-state index is 0.105. The molecule has 5 amide bonds. The lowest BCUT2D eigenvalue weighted by Gasteiger charge is -2.26. The van der Waals surface area contributed by atoms with Crippen molar-refractivity contribution in [2.75, 3.05) is 6.54 Å². The number of aromatic nitrogens is 1. The zero-order valence-electron chi connectivity index (χ0n) is 20.5. The quantitative estimate of drug-likeness (QED) is 0.154. The van der Waals surface area contributed by atoms with Crippen molar-refractivity contribution < 1.29 is 29.1 Å². The summed E-state index contributed by atoms with van der Waals surface area (Å²) in [5.41, 5.74) is 11.9. The van der Waals surface area contributed by atoms with E-state index >= 15 is 0 Å². The summed E-state index contributed by atoms with van der Waals surface area (Å²) in [5.74, 6) is -3.89. The number of H-pyrrole nitrogens is 1. The lowest BCUT2D eigenvalue weighted by Crippen LogP contribution is -2.60. The molecule has 0 radical (unpaired) electrons. The van der Waals surface area contributed by atoms with E-state index in [0.717, 1.165) is 22.9 Å². The van der Waals surface area contributed by atoms with E-state index in [4.69, 9.17) is 11.5 Å². The van der Waals surface area contributed by atoms with Gasteiger partial charge in [-0.1, -0.05) is 18.2 Å². The molecule has 3 rings (SSSR count). The molecule has 1 aliphatic heterocycles. The van der Waals surface area contributed by atoms with Gasteiger partial charge in [-0.15, -0.1) is 0 Å². The number of carbonyl (C=O) groups excluding carboxylic acids is 5. The van der Waals surface area contributed by atoms with Crippen LogP contribution in [0.4, 0.5) is 0 Å². The zero-order valence-corrected chi connectivity index (χ0v) is 20.5. The van der Waals surface area contributed by atoms with E-state index in [-0.39, 0.29) is 12.3 Å². The summed E-state index contributed by atoms with van der Waals surface area (Å²) in [5, 5.41) is 21.6. The summed E-state index contributed by atoms with van der Waals surface area (Å²) in [7, 11) is 0. The largest absolute Gasteiger partial charge is 0.391 e. The Morgan fingerprint density at radius 3 is 2.41 bits per heavy atom. The number of amides is 5. The predicted octanol–water partition coefficient (Wildman–Crippen LogP) is -2.34. The molecule has 1 saturated heterocycles. The third-order valence-electron chi connectivity index (χ3n) is 6.24. The highest BCUT2D eigenvalue weighted by atomic mass is 16.3. The zero-order chi connectivity index (χ0) is 27.1. The first kappa shape index (κ1) is 27.6. The lowest BCUT2D eigenvalue weighted by molar-refractivity contribution is -0.136. The average Bonchev–Trinajstić information content (AvgIpc) is 3.51. The Morgan fingerprint density at radius 2 is 1.78 bits per heavy atom. The number of primary amides is 2. The van der Waals surface area contributed by atoms with Crippen LogP contribution >= 0.6 is 0 Å². The Balaban J connectivity index is 1.80. The van der Waals surface area contributed by atoms with Gasteiger partial charge >= 0.3 is 0 Å². The van der Waals surface area contributed by atoms with Crippen molar-refractivity contribution >= 4 is 40.4 Å². The number of nitrogens with two attached hydrogens (primary N) is 2. The smallest absolute Gasteiger partial charge is 0.245 e. The van der Waals surface area contributed by atoms with Gasteiger partial charge < -0.3 is 42.8 Å². The van der Waals surface area contributed by atoms with Gasteiger partial charge in [0.2, 0.25) is 29.5 Å². The number of benzene rings is 1. The molecule has 37 heavy (non-hydrogen) atoms. The van der Waals surface area contributed by atoms with Gasteiger partial charge in [0, 0.05) is 23.5 Å². The lowest BCUT2D eigenvalue weighted by atomic mass is 10.0. The predicted molar refractivity (Wildman–Crippen MR) is 134 cm³/mol. The number of hydrogen-bond donors (Lipinski definition) is 8. The molecular weight excluding hydrogens is 482 g/mol. The van der Waals surface area contributed by atoms with Crippen molar-refractivity contribution in [3.05, 3.63) is 36.0 Å². The Bertz CT molecular complexity index is 1160. The summed E-state index contributed by atoms with van der Waals surface area (Å²) in [6, 6.07) is 3.02. The van der Waals surface area contributed by atoms with Crippen LogP contribution in [0, 0.1) is 0 Å². The fraction of sp³-hybridized carbons (Fsp3) is 0.458. The van der Waals surface area contributed by atoms with E-state index in [1.807, 2.05) is 24.3 Å². The SMILES string of the molecule is C[C@@H](O)[C@H](NC(=O)[C@H](Cc1c[nH]c2ccccc12)NC(=O)[C@@H]1CCCN1)C(=O)N[C@@H](CC(N)=O)C(N)=O. The molecule has 0 unspecified atom stereocenters. The van der Waals surface area contributed by atoms with Crippen LogP contribution in [-0.4, -0.2) is 76.4 Å². The number of para-hydroxylation sites is 1. The maximum absolute atomic E-state index is 13.4. The van der Waals surface area contributed by atoms with Crippen LogP contribution in [0.2, 0.25) is 0 Å². The van der Waals surface area contributed by atoms with Crippen molar-refractivity contribution in [2.24, 2.45) is 11.5 Å². The monoisotopic (exact) mass is 515 g/mol. The summed E-state index contributed by atoms with van der Waals surface area (Å²) >= 11 is 0. The van der Waals surface area contributed by atoms with Crippen LogP contribution in [0.15, 0.2) is 30.5 Å². The first-order valence-corrected chi connectivity index (χ1v) is 12.0. The third-order valence-corrected chi connectivity index (χ3v) is 6.24. The summed E-state index contributed by atoms with van der Waals surface area (Å²) in [4.78, 5) is 65.0. The fourth-order valence-corrected chi connectivity index (χ4v) is 4.25. The van der Waals surface area contributed by atoms with Gasteiger partial charge in [0.15, 0.2) is 0 Å². The second-order valence-electron chi connectivity index (χ2n) is 9.13. The molecule has 1 aromatic carbocycles. The average molecular weight is 516 g/mol. The normalized spacial score (nSPS) is 18.4. The molecule has 5 atom stereocenters. The van der Waals surface area contributed by atoms with Crippen molar-refractivity contribution in [1.82, 2.24) is 26.3 Å². The van der Waals surface area contributed by atoms with Gasteiger partial charge in [-0.05, 0) is 37.9 Å². The molecule has 200 valence electrons. The highest BCUT2D eigenvalue weighted by molar-refractivity contribution is 5.96. The van der Waals surface area contributed by atoms with Gasteiger partial charge in [0.05, 0.1) is 18.6 Å². The molecule has 2 heterocycles. The van der Waals surface area contributed by atoms with E-state index in [1.165, 1.54) is 6.92 Å². The molecular formula is C24H33N7O6. The van der Waals surface area contributed by atoms with Crippen molar-refractivity contribution in [1.29, 1.82) is 0 Å². The van der Waals surface area contributed by atoms with E-state index in [2.05, 4.69) is 26.3 Å². The Kier molecular flexibility index (Phi) is 9.20.